The number of primary amides is 1. The van der Waals surface area contributed by atoms with Gasteiger partial charge in [-0.15, -0.1) is 0 Å². The van der Waals surface area contributed by atoms with Crippen LogP contribution in [0.1, 0.15) is 48.5 Å². The van der Waals surface area contributed by atoms with Gasteiger partial charge in [-0.2, -0.15) is 13.2 Å². The zero-order valence-electron chi connectivity index (χ0n) is 18.6. The second-order valence-corrected chi connectivity index (χ2v) is 10.5. The van der Waals surface area contributed by atoms with Crippen molar-refractivity contribution in [1.82, 2.24) is 10.2 Å². The van der Waals surface area contributed by atoms with Crippen molar-refractivity contribution in [3.63, 3.8) is 0 Å². The van der Waals surface area contributed by atoms with Gasteiger partial charge in [-0.3, -0.25) is 14.4 Å². The molecule has 10 heteroatoms. The van der Waals surface area contributed by atoms with Crippen LogP contribution >= 0.6 is 0 Å². The molecule has 3 unspecified atom stereocenters. The predicted octanol–water partition coefficient (Wildman–Crippen LogP) is 1.40. The van der Waals surface area contributed by atoms with E-state index in [0.717, 1.165) is 0 Å². The lowest BCUT2D eigenvalue weighted by Gasteiger charge is -2.41. The highest BCUT2D eigenvalue weighted by Gasteiger charge is 2.82. The molecule has 7 nitrogen and oxygen atoms in total. The molecule has 1 aliphatic heterocycles. The first-order valence-electron chi connectivity index (χ1n) is 10.1. The summed E-state index contributed by atoms with van der Waals surface area (Å²) in [6.45, 7) is 12.5. The lowest BCUT2D eigenvalue weighted by atomic mass is 9.76. The first-order chi connectivity index (χ1) is 13.3. The van der Waals surface area contributed by atoms with E-state index in [1.165, 1.54) is 4.90 Å². The summed E-state index contributed by atoms with van der Waals surface area (Å²) in [6, 6.07) is -2.98. The molecule has 1 saturated carbocycles. The highest BCUT2D eigenvalue weighted by Crippen LogP contribution is 2.76. The first-order valence-corrected chi connectivity index (χ1v) is 10.1. The van der Waals surface area contributed by atoms with Crippen molar-refractivity contribution in [2.75, 3.05) is 6.54 Å². The lowest BCUT2D eigenvalue weighted by Crippen LogP contribution is -2.63. The summed E-state index contributed by atoms with van der Waals surface area (Å²) in [4.78, 5) is 38.7. The predicted molar refractivity (Wildman–Crippen MR) is 105 cm³/mol. The third kappa shape index (κ3) is 3.46. The van der Waals surface area contributed by atoms with E-state index in [1.807, 2.05) is 33.0 Å². The van der Waals surface area contributed by atoms with Crippen LogP contribution in [0.15, 0.2) is 0 Å². The topological polar surface area (TPSA) is 119 Å². The van der Waals surface area contributed by atoms with E-state index in [4.69, 9.17) is 11.5 Å². The Balaban J connectivity index is 2.46. The molecule has 0 aromatic heterocycles. The highest BCUT2D eigenvalue weighted by molar-refractivity contribution is 5.95. The number of alkyl halides is 3. The van der Waals surface area contributed by atoms with E-state index in [9.17, 15) is 27.6 Å². The van der Waals surface area contributed by atoms with Crippen LogP contribution in [0.3, 0.4) is 0 Å². The van der Waals surface area contributed by atoms with Gasteiger partial charge in [-0.1, -0.05) is 48.5 Å². The van der Waals surface area contributed by atoms with Gasteiger partial charge in [0.25, 0.3) is 0 Å². The summed E-state index contributed by atoms with van der Waals surface area (Å²) >= 11 is 0. The Morgan fingerprint density at radius 1 is 1.13 bits per heavy atom. The second kappa shape index (κ2) is 7.10. The Morgan fingerprint density at radius 2 is 1.63 bits per heavy atom. The average Bonchev–Trinajstić information content (AvgIpc) is 2.89. The van der Waals surface area contributed by atoms with Crippen molar-refractivity contribution < 1.29 is 27.6 Å². The number of halogens is 3. The van der Waals surface area contributed by atoms with E-state index in [1.54, 1.807) is 20.8 Å². The Hall–Kier alpha value is -1.84. The molecule has 0 radical (unpaired) electrons. The lowest BCUT2D eigenvalue weighted by molar-refractivity contribution is -0.176. The quantitative estimate of drug-likeness (QED) is 0.606. The van der Waals surface area contributed by atoms with Crippen molar-refractivity contribution in [3.05, 3.63) is 0 Å². The van der Waals surface area contributed by atoms with Crippen molar-refractivity contribution >= 4 is 17.7 Å². The van der Waals surface area contributed by atoms with Gasteiger partial charge in [0.1, 0.15) is 12.1 Å². The van der Waals surface area contributed by atoms with Crippen molar-refractivity contribution in [2.45, 2.75) is 72.8 Å². The van der Waals surface area contributed by atoms with E-state index < -0.39 is 52.9 Å². The summed E-state index contributed by atoms with van der Waals surface area (Å²) in [6.07, 6.45) is -5.14. The Morgan fingerprint density at radius 3 is 2.00 bits per heavy atom. The summed E-state index contributed by atoms with van der Waals surface area (Å²) in [5.74, 6) is -3.84. The Bertz CT molecular complexity index is 745. The highest BCUT2D eigenvalue weighted by atomic mass is 19.4. The van der Waals surface area contributed by atoms with Gasteiger partial charge < -0.3 is 21.7 Å². The van der Waals surface area contributed by atoms with Crippen LogP contribution in [0.2, 0.25) is 0 Å². The normalized spacial score (nSPS) is 29.9. The Kier molecular flexibility index (Phi) is 5.78. The van der Waals surface area contributed by atoms with Crippen LogP contribution < -0.4 is 16.8 Å². The van der Waals surface area contributed by atoms with Crippen molar-refractivity contribution in [3.8, 4) is 0 Å². The maximum atomic E-state index is 13.4. The molecule has 1 aliphatic carbocycles. The number of carbonyl (C=O) groups excluding carboxylic acids is 3. The number of nitrogens with one attached hydrogen (secondary N) is 1. The second-order valence-electron chi connectivity index (χ2n) is 10.5. The number of nitrogens with two attached hydrogens (primary N) is 2. The monoisotopic (exact) mass is 434 g/mol. The summed E-state index contributed by atoms with van der Waals surface area (Å²) < 4.78 is 38.5. The molecule has 0 aromatic carbocycles. The molecule has 1 heterocycles. The smallest absolute Gasteiger partial charge is 0.368 e. The van der Waals surface area contributed by atoms with Gasteiger partial charge in [0.15, 0.2) is 0 Å². The molecule has 5 N–H and O–H groups in total. The van der Waals surface area contributed by atoms with Crippen molar-refractivity contribution in [2.24, 2.45) is 39.5 Å². The van der Waals surface area contributed by atoms with E-state index >= 15 is 0 Å². The molecule has 1 saturated heterocycles. The van der Waals surface area contributed by atoms with E-state index in [-0.39, 0.29) is 23.8 Å². The zero-order chi connectivity index (χ0) is 23.6. The van der Waals surface area contributed by atoms with Gasteiger partial charge in [0, 0.05) is 18.0 Å². The number of nitrogens with zero attached hydrogens (tertiary/aromatic N) is 1. The maximum Gasteiger partial charge on any atom is 0.471 e. The van der Waals surface area contributed by atoms with Crippen LogP contribution in [0, 0.1) is 28.1 Å². The molecule has 0 spiro atoms. The number of rotatable bonds is 5. The molecule has 172 valence electrons. The van der Waals surface area contributed by atoms with Crippen LogP contribution in [-0.4, -0.2) is 53.5 Å². The van der Waals surface area contributed by atoms with Gasteiger partial charge in [-0.05, 0) is 22.7 Å². The number of fused-ring (bicyclic) bond motifs is 1. The number of hydrogen-bond donors (Lipinski definition) is 3. The molecule has 2 fully saturated rings. The fourth-order valence-corrected chi connectivity index (χ4v) is 5.45. The molecule has 3 amide bonds. The van der Waals surface area contributed by atoms with E-state index in [0.29, 0.717) is 0 Å². The molecule has 2 rings (SSSR count). The molecule has 0 bridgehead atoms. The summed E-state index contributed by atoms with van der Waals surface area (Å²) in [5.41, 5.74) is 10.1. The molecule has 0 aromatic rings. The van der Waals surface area contributed by atoms with Crippen LogP contribution in [-0.2, 0) is 14.4 Å². The average molecular weight is 435 g/mol. The third-order valence-electron chi connectivity index (χ3n) is 7.09. The minimum atomic E-state index is -5.14. The van der Waals surface area contributed by atoms with Gasteiger partial charge >= 0.3 is 12.1 Å². The molecular weight excluding hydrogens is 401 g/mol. The fourth-order valence-electron chi connectivity index (χ4n) is 5.45. The number of amides is 3. The minimum Gasteiger partial charge on any atom is -0.368 e. The number of hydrogen-bond acceptors (Lipinski definition) is 4. The SMILES string of the molecule is CC(C)[C@H](N)C12C(C(N)=O)N(C(=O)[C@@H](NC(=O)C(F)(F)F)C(C)(C)C)CC1C2(C)C. The fraction of sp³-hybridized carbons (Fsp3) is 0.850. The van der Waals surface area contributed by atoms with Crippen LogP contribution in [0.5, 0.6) is 0 Å². The minimum absolute atomic E-state index is 0.00507. The number of likely N-dealkylation sites (tertiary alicyclic amines) is 1. The van der Waals surface area contributed by atoms with Crippen molar-refractivity contribution in [1.29, 1.82) is 0 Å². The third-order valence-corrected chi connectivity index (χ3v) is 7.09. The van der Waals surface area contributed by atoms with Gasteiger partial charge in [0.05, 0.1) is 0 Å². The standard InChI is InChI=1S/C20H33F3N4O3/c1-9(2)11(24)19-10(18(19,6)7)8-27(13(19)14(25)28)15(29)12(17(3,4)5)26-16(30)20(21,22)23/h9-13H,8,24H2,1-7H3,(H2,25,28)(H,26,30)/t10?,11-,12+,13?,19?/m0/s1. The van der Waals surface area contributed by atoms with Gasteiger partial charge in [-0.25, -0.2) is 0 Å². The van der Waals surface area contributed by atoms with Crippen LogP contribution in [0.25, 0.3) is 0 Å². The number of carbonyl (C=O) groups is 3. The maximum absolute atomic E-state index is 13.4. The Labute approximate surface area is 175 Å². The molecule has 2 aliphatic rings. The van der Waals surface area contributed by atoms with E-state index in [2.05, 4.69) is 0 Å². The zero-order valence-corrected chi connectivity index (χ0v) is 18.6. The van der Waals surface area contributed by atoms with Crippen LogP contribution in [0.4, 0.5) is 13.2 Å². The molecular formula is C20H33F3N4O3. The molecule has 5 atom stereocenters. The van der Waals surface area contributed by atoms with Gasteiger partial charge in [0.2, 0.25) is 11.8 Å². The summed E-state index contributed by atoms with van der Waals surface area (Å²) in [5, 5.41) is 1.81. The summed E-state index contributed by atoms with van der Waals surface area (Å²) in [7, 11) is 0. The first kappa shape index (κ1) is 24.4. The largest absolute Gasteiger partial charge is 0.471 e. The number of piperidine rings is 1. The molecule has 30 heavy (non-hydrogen) atoms.